The summed E-state index contributed by atoms with van der Waals surface area (Å²) >= 11 is 5.95. The number of aromatic hydroxyl groups is 1. The van der Waals surface area contributed by atoms with Crippen LogP contribution >= 0.6 is 11.6 Å². The molecule has 4 aromatic rings. The van der Waals surface area contributed by atoms with Gasteiger partial charge in [-0.05, 0) is 42.1 Å². The van der Waals surface area contributed by atoms with E-state index in [-0.39, 0.29) is 28.7 Å². The molecule has 0 fully saturated rings. The first kappa shape index (κ1) is 21.8. The quantitative estimate of drug-likeness (QED) is 0.368. The number of aromatic nitrogens is 6. The number of rotatable bonds is 9. The van der Waals surface area contributed by atoms with Crippen LogP contribution in [0.3, 0.4) is 0 Å². The number of fused-ring (bicyclic) bond motifs is 1. The maximum absolute atomic E-state index is 13.0. The maximum Gasteiger partial charge on any atom is 0.332 e. The number of benzene rings is 1. The van der Waals surface area contributed by atoms with E-state index >= 15 is 0 Å². The van der Waals surface area contributed by atoms with Crippen LogP contribution in [-0.4, -0.2) is 34.3 Å². The van der Waals surface area contributed by atoms with Gasteiger partial charge in [0.1, 0.15) is 5.75 Å². The van der Waals surface area contributed by atoms with E-state index in [1.807, 2.05) is 13.0 Å². The van der Waals surface area contributed by atoms with Gasteiger partial charge < -0.3 is 14.6 Å². The summed E-state index contributed by atoms with van der Waals surface area (Å²) in [5.74, 6) is 1.10. The van der Waals surface area contributed by atoms with Gasteiger partial charge in [0.25, 0.3) is 5.56 Å². The van der Waals surface area contributed by atoms with Gasteiger partial charge in [-0.3, -0.25) is 13.9 Å². The first-order valence-corrected chi connectivity index (χ1v) is 10.8. The predicted octanol–water partition coefficient (Wildman–Crippen LogP) is 2.65. The van der Waals surface area contributed by atoms with Crippen molar-refractivity contribution >= 4 is 22.8 Å². The van der Waals surface area contributed by atoms with E-state index in [0.29, 0.717) is 37.5 Å². The number of halogens is 1. The Bertz CT molecular complexity index is 1350. The Labute approximate surface area is 187 Å². The minimum Gasteiger partial charge on any atom is -0.508 e. The molecule has 168 valence electrons. The number of aromatic amines is 1. The zero-order valence-corrected chi connectivity index (χ0v) is 18.3. The standard InChI is InChI=1S/C21H23ClN6O4/c1-2-3-9-27-18-17(24-20(22)25-18)19(30)28(21(27)31)10-5-8-16-23-15(26-32-16)12-13-6-4-7-14(29)11-13/h4,6-7,11,29H,2-3,5,8-10,12H2,1H3,(H,24,25). The Morgan fingerprint density at radius 2 is 1.97 bits per heavy atom. The minimum absolute atomic E-state index is 0.0737. The van der Waals surface area contributed by atoms with Crippen molar-refractivity contribution in [3.63, 3.8) is 0 Å². The summed E-state index contributed by atoms with van der Waals surface area (Å²) in [7, 11) is 0. The van der Waals surface area contributed by atoms with Gasteiger partial charge in [-0.2, -0.15) is 9.97 Å². The number of phenolic OH excluding ortho intramolecular Hbond substituents is 1. The smallest absolute Gasteiger partial charge is 0.332 e. The van der Waals surface area contributed by atoms with Crippen LogP contribution in [0.2, 0.25) is 5.28 Å². The van der Waals surface area contributed by atoms with Gasteiger partial charge in [0.2, 0.25) is 11.2 Å². The lowest BCUT2D eigenvalue weighted by atomic mass is 10.1. The normalized spacial score (nSPS) is 11.4. The predicted molar refractivity (Wildman–Crippen MR) is 118 cm³/mol. The number of phenols is 1. The number of imidazole rings is 1. The highest BCUT2D eigenvalue weighted by molar-refractivity contribution is 6.28. The molecular weight excluding hydrogens is 436 g/mol. The summed E-state index contributed by atoms with van der Waals surface area (Å²) in [6.07, 6.45) is 2.98. The van der Waals surface area contributed by atoms with Crippen molar-refractivity contribution in [1.82, 2.24) is 29.2 Å². The van der Waals surface area contributed by atoms with E-state index in [4.69, 9.17) is 16.1 Å². The lowest BCUT2D eigenvalue weighted by molar-refractivity contribution is 0.367. The molecule has 0 aliphatic carbocycles. The summed E-state index contributed by atoms with van der Waals surface area (Å²) in [5.41, 5.74) is 0.504. The number of nitrogens with zero attached hydrogens (tertiary/aromatic N) is 5. The number of unbranched alkanes of at least 4 members (excludes halogenated alkanes) is 1. The Hall–Kier alpha value is -3.40. The third-order valence-corrected chi connectivity index (χ3v) is 5.30. The van der Waals surface area contributed by atoms with E-state index < -0.39 is 11.2 Å². The van der Waals surface area contributed by atoms with Crippen molar-refractivity contribution in [2.75, 3.05) is 0 Å². The van der Waals surface area contributed by atoms with Crippen LogP contribution in [-0.2, 0) is 25.9 Å². The molecule has 0 aliphatic rings. The van der Waals surface area contributed by atoms with Crippen LogP contribution in [0.5, 0.6) is 5.75 Å². The van der Waals surface area contributed by atoms with Crippen molar-refractivity contribution in [3.05, 3.63) is 67.7 Å². The first-order chi connectivity index (χ1) is 15.5. The molecule has 10 nitrogen and oxygen atoms in total. The highest BCUT2D eigenvalue weighted by Crippen LogP contribution is 2.14. The molecule has 32 heavy (non-hydrogen) atoms. The van der Waals surface area contributed by atoms with Crippen LogP contribution in [0.4, 0.5) is 0 Å². The Morgan fingerprint density at radius 3 is 2.75 bits per heavy atom. The van der Waals surface area contributed by atoms with Gasteiger partial charge >= 0.3 is 5.69 Å². The summed E-state index contributed by atoms with van der Waals surface area (Å²) in [5, 5.41) is 13.6. The van der Waals surface area contributed by atoms with Crippen molar-refractivity contribution in [3.8, 4) is 5.75 Å². The molecule has 0 aliphatic heterocycles. The summed E-state index contributed by atoms with van der Waals surface area (Å²) in [6, 6.07) is 6.85. The van der Waals surface area contributed by atoms with Crippen LogP contribution in [0.25, 0.3) is 11.2 Å². The third-order valence-electron chi connectivity index (χ3n) is 5.12. The second-order valence-corrected chi connectivity index (χ2v) is 7.88. The maximum atomic E-state index is 13.0. The van der Waals surface area contributed by atoms with Crippen LogP contribution < -0.4 is 11.2 Å². The number of hydrogen-bond donors (Lipinski definition) is 2. The Balaban J connectivity index is 1.48. The van der Waals surface area contributed by atoms with Crippen molar-refractivity contribution in [2.45, 2.75) is 52.1 Å². The monoisotopic (exact) mass is 458 g/mol. The minimum atomic E-state index is -0.452. The lowest BCUT2D eigenvalue weighted by Gasteiger charge is -2.10. The number of hydrogen-bond acceptors (Lipinski definition) is 7. The molecule has 0 radical (unpaired) electrons. The van der Waals surface area contributed by atoms with Gasteiger partial charge in [-0.15, -0.1) is 0 Å². The van der Waals surface area contributed by atoms with Crippen molar-refractivity contribution < 1.29 is 9.63 Å². The molecule has 2 N–H and O–H groups in total. The first-order valence-electron chi connectivity index (χ1n) is 10.4. The molecule has 0 amide bonds. The fraction of sp³-hybridized carbons (Fsp3) is 0.381. The van der Waals surface area contributed by atoms with Crippen molar-refractivity contribution in [1.29, 1.82) is 0 Å². The van der Waals surface area contributed by atoms with Gasteiger partial charge in [0.05, 0.1) is 0 Å². The molecule has 0 bridgehead atoms. The van der Waals surface area contributed by atoms with E-state index in [2.05, 4.69) is 20.1 Å². The molecular formula is C21H23ClN6O4. The fourth-order valence-electron chi connectivity index (χ4n) is 3.55. The average Bonchev–Trinajstić information content (AvgIpc) is 3.37. The number of aryl methyl sites for hydroxylation is 2. The van der Waals surface area contributed by atoms with E-state index in [0.717, 1.165) is 18.4 Å². The molecule has 3 aromatic heterocycles. The molecule has 0 unspecified atom stereocenters. The van der Waals surface area contributed by atoms with Crippen LogP contribution in [0.15, 0.2) is 38.4 Å². The van der Waals surface area contributed by atoms with Crippen molar-refractivity contribution in [2.24, 2.45) is 0 Å². The van der Waals surface area contributed by atoms with Gasteiger partial charge in [0.15, 0.2) is 17.0 Å². The summed E-state index contributed by atoms with van der Waals surface area (Å²) < 4.78 is 7.97. The molecule has 3 heterocycles. The van der Waals surface area contributed by atoms with Gasteiger partial charge in [-0.1, -0.05) is 30.6 Å². The molecule has 0 saturated heterocycles. The topological polar surface area (TPSA) is 132 Å². The summed E-state index contributed by atoms with van der Waals surface area (Å²) in [4.78, 5) is 37.0. The van der Waals surface area contributed by atoms with Crippen LogP contribution in [0.1, 0.15) is 43.5 Å². The van der Waals surface area contributed by atoms with Gasteiger partial charge in [-0.25, -0.2) is 4.79 Å². The third kappa shape index (κ3) is 4.59. The zero-order chi connectivity index (χ0) is 22.7. The largest absolute Gasteiger partial charge is 0.508 e. The SMILES string of the molecule is CCCCn1c(=O)n(CCCc2nc(Cc3cccc(O)c3)no2)c(=O)c2[nH]c(Cl)nc21. The second kappa shape index (κ2) is 9.39. The fourth-order valence-corrected chi connectivity index (χ4v) is 3.73. The number of H-pyrrole nitrogens is 1. The molecule has 4 rings (SSSR count). The molecule has 0 atom stereocenters. The Morgan fingerprint density at radius 1 is 1.16 bits per heavy atom. The Kier molecular flexibility index (Phi) is 6.40. The highest BCUT2D eigenvalue weighted by atomic mass is 35.5. The van der Waals surface area contributed by atoms with E-state index in [1.165, 1.54) is 9.13 Å². The second-order valence-electron chi connectivity index (χ2n) is 7.53. The highest BCUT2D eigenvalue weighted by Gasteiger charge is 2.17. The summed E-state index contributed by atoms with van der Waals surface area (Å²) in [6.45, 7) is 2.67. The van der Waals surface area contributed by atoms with Gasteiger partial charge in [0, 0.05) is 25.9 Å². The molecule has 1 aromatic carbocycles. The molecule has 11 heteroatoms. The molecule has 0 saturated carbocycles. The number of nitrogens with one attached hydrogen (secondary N) is 1. The lowest BCUT2D eigenvalue weighted by Crippen LogP contribution is -2.40. The molecule has 0 spiro atoms. The average molecular weight is 459 g/mol. The van der Waals surface area contributed by atoms with E-state index in [9.17, 15) is 14.7 Å². The zero-order valence-electron chi connectivity index (χ0n) is 17.5. The van der Waals surface area contributed by atoms with E-state index in [1.54, 1.807) is 18.2 Å². The van der Waals surface area contributed by atoms with Crippen LogP contribution in [0, 0.1) is 0 Å².